The molecule has 4 amide bonds. The van der Waals surface area contributed by atoms with Crippen LogP contribution in [0.15, 0.2) is 53.4 Å². The van der Waals surface area contributed by atoms with Crippen LogP contribution < -0.4 is 10.1 Å². The molecule has 176 valence electrons. The van der Waals surface area contributed by atoms with Crippen LogP contribution in [0.25, 0.3) is 6.08 Å². The summed E-state index contributed by atoms with van der Waals surface area (Å²) in [5, 5.41) is 2.33. The second-order valence-corrected chi connectivity index (χ2v) is 9.13. The Morgan fingerprint density at radius 3 is 2.62 bits per heavy atom. The average Bonchev–Trinajstić information content (AvgIpc) is 3.43. The van der Waals surface area contributed by atoms with Gasteiger partial charge in [-0.05, 0) is 73.0 Å². The van der Waals surface area contributed by atoms with Gasteiger partial charge in [-0.2, -0.15) is 0 Å². The van der Waals surface area contributed by atoms with Gasteiger partial charge in [0.2, 0.25) is 5.91 Å². The summed E-state index contributed by atoms with van der Waals surface area (Å²) in [6.07, 6.45) is 3.48. The largest absolute Gasteiger partial charge is 0.484 e. The van der Waals surface area contributed by atoms with Gasteiger partial charge in [0.25, 0.3) is 17.1 Å². The van der Waals surface area contributed by atoms with Crippen LogP contribution in [0, 0.1) is 6.92 Å². The molecule has 9 heteroatoms. The minimum Gasteiger partial charge on any atom is -0.484 e. The number of likely N-dealkylation sites (tertiary alicyclic amines) is 1. The average molecular weight is 480 g/mol. The molecule has 4 rings (SSSR count). The number of aryl methyl sites for hydroxylation is 1. The lowest BCUT2D eigenvalue weighted by atomic mass is 10.2. The lowest BCUT2D eigenvalue weighted by molar-refractivity contribution is -0.135. The van der Waals surface area contributed by atoms with Crippen molar-refractivity contribution in [2.45, 2.75) is 19.8 Å². The van der Waals surface area contributed by atoms with Crippen LogP contribution in [-0.2, 0) is 14.4 Å². The SMILES string of the molecule is Cc1cccc(NC(=O)COc2cccc(/C=C3\SC(=O)N(CC(=O)N4CCCC4)C3=O)c2)c1. The third-order valence-corrected chi connectivity index (χ3v) is 6.36. The van der Waals surface area contributed by atoms with Crippen LogP contribution in [-0.4, -0.2) is 59.0 Å². The molecule has 2 saturated heterocycles. The van der Waals surface area contributed by atoms with Crippen molar-refractivity contribution in [2.75, 3.05) is 31.6 Å². The number of anilines is 1. The van der Waals surface area contributed by atoms with Crippen molar-refractivity contribution in [3.8, 4) is 5.75 Å². The highest BCUT2D eigenvalue weighted by atomic mass is 32.2. The fourth-order valence-corrected chi connectivity index (χ4v) is 4.59. The third kappa shape index (κ3) is 5.85. The van der Waals surface area contributed by atoms with Gasteiger partial charge < -0.3 is 15.0 Å². The molecule has 0 aliphatic carbocycles. The molecule has 8 nitrogen and oxygen atoms in total. The van der Waals surface area contributed by atoms with E-state index in [1.165, 1.54) is 0 Å². The molecule has 0 saturated carbocycles. The number of hydrogen-bond acceptors (Lipinski definition) is 6. The lowest BCUT2D eigenvalue weighted by Gasteiger charge is -2.18. The summed E-state index contributed by atoms with van der Waals surface area (Å²) in [6, 6.07) is 14.4. The Bertz CT molecular complexity index is 1160. The maximum atomic E-state index is 12.7. The van der Waals surface area contributed by atoms with Gasteiger partial charge in [0.1, 0.15) is 12.3 Å². The van der Waals surface area contributed by atoms with E-state index in [1.54, 1.807) is 41.3 Å². The van der Waals surface area contributed by atoms with Crippen molar-refractivity contribution < 1.29 is 23.9 Å². The van der Waals surface area contributed by atoms with Gasteiger partial charge in [0.15, 0.2) is 6.61 Å². The summed E-state index contributed by atoms with van der Waals surface area (Å²) in [7, 11) is 0. The van der Waals surface area contributed by atoms with Crippen molar-refractivity contribution in [3.05, 3.63) is 64.6 Å². The van der Waals surface area contributed by atoms with Crippen LogP contribution in [0.2, 0.25) is 0 Å². The molecule has 2 heterocycles. The molecule has 0 unspecified atom stereocenters. The smallest absolute Gasteiger partial charge is 0.294 e. The van der Waals surface area contributed by atoms with Crippen molar-refractivity contribution >= 4 is 46.5 Å². The number of rotatable bonds is 7. The maximum Gasteiger partial charge on any atom is 0.294 e. The van der Waals surface area contributed by atoms with Crippen molar-refractivity contribution in [1.29, 1.82) is 0 Å². The number of benzene rings is 2. The molecule has 0 bridgehead atoms. The van der Waals surface area contributed by atoms with E-state index >= 15 is 0 Å². The fourth-order valence-electron chi connectivity index (χ4n) is 3.75. The highest BCUT2D eigenvalue weighted by Gasteiger charge is 2.37. The van der Waals surface area contributed by atoms with E-state index in [4.69, 9.17) is 4.74 Å². The van der Waals surface area contributed by atoms with Gasteiger partial charge in [0, 0.05) is 18.8 Å². The molecule has 0 aromatic heterocycles. The maximum absolute atomic E-state index is 12.7. The predicted molar refractivity (Wildman–Crippen MR) is 130 cm³/mol. The van der Waals surface area contributed by atoms with Crippen LogP contribution >= 0.6 is 11.8 Å². The summed E-state index contributed by atoms with van der Waals surface area (Å²) < 4.78 is 5.59. The van der Waals surface area contributed by atoms with Crippen LogP contribution in [0.3, 0.4) is 0 Å². The van der Waals surface area contributed by atoms with E-state index < -0.39 is 11.1 Å². The minimum atomic E-state index is -0.480. The van der Waals surface area contributed by atoms with E-state index in [9.17, 15) is 19.2 Å². The Balaban J connectivity index is 1.36. The molecule has 2 aromatic rings. The number of carbonyl (C=O) groups excluding carboxylic acids is 4. The second kappa shape index (κ2) is 10.6. The number of nitrogens with zero attached hydrogens (tertiary/aromatic N) is 2. The molecule has 1 N–H and O–H groups in total. The van der Waals surface area contributed by atoms with Gasteiger partial charge in [-0.25, -0.2) is 0 Å². The molecule has 0 radical (unpaired) electrons. The summed E-state index contributed by atoms with van der Waals surface area (Å²) in [6.45, 7) is 2.87. The predicted octanol–water partition coefficient (Wildman–Crippen LogP) is 3.67. The molecule has 2 fully saturated rings. The van der Waals surface area contributed by atoms with Gasteiger partial charge in [0.05, 0.1) is 4.91 Å². The first-order valence-electron chi connectivity index (χ1n) is 11.0. The van der Waals surface area contributed by atoms with Gasteiger partial charge in [-0.3, -0.25) is 24.1 Å². The molecule has 2 aromatic carbocycles. The Labute approximate surface area is 201 Å². The van der Waals surface area contributed by atoms with E-state index in [0.29, 0.717) is 30.1 Å². The summed E-state index contributed by atoms with van der Waals surface area (Å²) in [4.78, 5) is 52.5. The van der Waals surface area contributed by atoms with Crippen LogP contribution in [0.5, 0.6) is 5.75 Å². The van der Waals surface area contributed by atoms with E-state index in [-0.39, 0.29) is 29.9 Å². The number of thioether (sulfide) groups is 1. The first kappa shape index (κ1) is 23.6. The molecule has 34 heavy (non-hydrogen) atoms. The monoisotopic (exact) mass is 479 g/mol. The molecule has 2 aliphatic rings. The number of carbonyl (C=O) groups is 4. The Kier molecular flexibility index (Phi) is 7.32. The van der Waals surface area contributed by atoms with Crippen molar-refractivity contribution in [1.82, 2.24) is 9.80 Å². The molecular formula is C25H25N3O5S. The van der Waals surface area contributed by atoms with Crippen molar-refractivity contribution in [3.63, 3.8) is 0 Å². The zero-order chi connectivity index (χ0) is 24.1. The summed E-state index contributed by atoms with van der Waals surface area (Å²) >= 11 is 0.810. The molecule has 0 spiro atoms. The number of imide groups is 1. The Morgan fingerprint density at radius 1 is 1.09 bits per heavy atom. The van der Waals surface area contributed by atoms with Crippen LogP contribution in [0.4, 0.5) is 10.5 Å². The topological polar surface area (TPSA) is 96.0 Å². The highest BCUT2D eigenvalue weighted by molar-refractivity contribution is 8.18. The zero-order valence-electron chi connectivity index (χ0n) is 18.8. The molecular weight excluding hydrogens is 454 g/mol. The standard InChI is InChI=1S/C25H25N3O5S/c1-17-6-4-8-19(12-17)26-22(29)16-33-20-9-5-7-18(13-20)14-21-24(31)28(25(32)34-21)15-23(30)27-10-2-3-11-27/h4-9,12-14H,2-3,10-11,15-16H2,1H3,(H,26,29)/b21-14-. The second-order valence-electron chi connectivity index (χ2n) is 8.13. The molecule has 0 atom stereocenters. The first-order valence-corrected chi connectivity index (χ1v) is 11.8. The van der Waals surface area contributed by atoms with E-state index in [2.05, 4.69) is 5.32 Å². The summed E-state index contributed by atoms with van der Waals surface area (Å²) in [5.74, 6) is -0.525. The normalized spacial score (nSPS) is 16.9. The quantitative estimate of drug-likeness (QED) is 0.609. The van der Waals surface area contributed by atoms with Crippen LogP contribution in [0.1, 0.15) is 24.0 Å². The zero-order valence-corrected chi connectivity index (χ0v) is 19.6. The third-order valence-electron chi connectivity index (χ3n) is 5.45. The minimum absolute atomic E-state index is 0.174. The van der Waals surface area contributed by atoms with Gasteiger partial charge in [-0.15, -0.1) is 0 Å². The van der Waals surface area contributed by atoms with E-state index in [1.807, 2.05) is 25.1 Å². The van der Waals surface area contributed by atoms with Crippen molar-refractivity contribution in [2.24, 2.45) is 0 Å². The fraction of sp³-hybridized carbons (Fsp3) is 0.280. The van der Waals surface area contributed by atoms with Gasteiger partial charge in [-0.1, -0.05) is 24.3 Å². The Hall–Kier alpha value is -3.59. The number of hydrogen-bond donors (Lipinski definition) is 1. The van der Waals surface area contributed by atoms with Gasteiger partial charge >= 0.3 is 0 Å². The number of amides is 4. The molecule has 2 aliphatic heterocycles. The lowest BCUT2D eigenvalue weighted by Crippen LogP contribution is -2.40. The summed E-state index contributed by atoms with van der Waals surface area (Å²) in [5.41, 5.74) is 2.38. The number of nitrogens with one attached hydrogen (secondary N) is 1. The highest BCUT2D eigenvalue weighted by Crippen LogP contribution is 2.32. The van der Waals surface area contributed by atoms with E-state index in [0.717, 1.165) is 35.1 Å². The number of ether oxygens (including phenoxy) is 1. The Morgan fingerprint density at radius 2 is 1.85 bits per heavy atom. The first-order chi connectivity index (χ1) is 16.4.